The van der Waals surface area contributed by atoms with Crippen LogP contribution in [0.15, 0.2) is 24.3 Å². The van der Waals surface area contributed by atoms with E-state index in [9.17, 15) is 4.79 Å². The molecule has 0 saturated carbocycles. The molecule has 0 atom stereocenters. The van der Waals surface area contributed by atoms with E-state index in [0.717, 1.165) is 17.2 Å². The van der Waals surface area contributed by atoms with Crippen molar-refractivity contribution in [1.82, 2.24) is 10.2 Å². The molecule has 0 unspecified atom stereocenters. The van der Waals surface area contributed by atoms with Crippen LogP contribution in [0.1, 0.15) is 38.6 Å². The van der Waals surface area contributed by atoms with Gasteiger partial charge in [-0.3, -0.25) is 4.79 Å². The molecule has 25 heavy (non-hydrogen) atoms. The van der Waals surface area contributed by atoms with Gasteiger partial charge in [-0.2, -0.15) is 0 Å². The number of hydrogen-bond donors (Lipinski definition) is 1. The third-order valence-electron chi connectivity index (χ3n) is 3.25. The van der Waals surface area contributed by atoms with Crippen LogP contribution >= 0.6 is 11.3 Å². The molecule has 1 heterocycles. The van der Waals surface area contributed by atoms with E-state index < -0.39 is 0 Å². The van der Waals surface area contributed by atoms with Gasteiger partial charge in [0, 0.05) is 12.8 Å². The lowest BCUT2D eigenvalue weighted by atomic mass is 10.1. The zero-order valence-electron chi connectivity index (χ0n) is 14.9. The molecule has 1 aromatic heterocycles. The third-order valence-corrected chi connectivity index (χ3v) is 4.11. The highest BCUT2D eigenvalue weighted by molar-refractivity contribution is 7.15. The summed E-state index contributed by atoms with van der Waals surface area (Å²) >= 11 is 1.43. The first-order valence-corrected chi connectivity index (χ1v) is 9.37. The number of benzene rings is 1. The number of ether oxygens (including phenoxy) is 2. The monoisotopic (exact) mass is 363 g/mol. The fourth-order valence-electron chi connectivity index (χ4n) is 2.18. The van der Waals surface area contributed by atoms with Gasteiger partial charge in [-0.25, -0.2) is 0 Å². The molecule has 0 fully saturated rings. The van der Waals surface area contributed by atoms with Crippen molar-refractivity contribution in [2.75, 3.05) is 18.5 Å². The van der Waals surface area contributed by atoms with Crippen LogP contribution in [0.3, 0.4) is 0 Å². The first-order valence-electron chi connectivity index (χ1n) is 8.55. The number of para-hydroxylation sites is 2. The van der Waals surface area contributed by atoms with Gasteiger partial charge in [0.1, 0.15) is 5.01 Å². The van der Waals surface area contributed by atoms with Crippen LogP contribution in [-0.4, -0.2) is 29.3 Å². The quantitative estimate of drug-likeness (QED) is 0.647. The minimum absolute atomic E-state index is 0.0751. The Hall–Kier alpha value is -2.15. The summed E-state index contributed by atoms with van der Waals surface area (Å²) in [4.78, 5) is 12.0. The molecule has 0 aliphatic rings. The average molecular weight is 363 g/mol. The molecule has 2 aromatic rings. The van der Waals surface area contributed by atoms with Crippen LogP contribution < -0.4 is 14.8 Å². The van der Waals surface area contributed by atoms with Crippen LogP contribution in [0.25, 0.3) is 0 Å². The summed E-state index contributed by atoms with van der Waals surface area (Å²) in [7, 11) is 0. The Morgan fingerprint density at radius 2 is 1.92 bits per heavy atom. The van der Waals surface area contributed by atoms with E-state index in [2.05, 4.69) is 29.4 Å². The summed E-state index contributed by atoms with van der Waals surface area (Å²) in [5, 5.41) is 12.4. The van der Waals surface area contributed by atoms with Gasteiger partial charge in [0.05, 0.1) is 13.2 Å². The molecule has 0 radical (unpaired) electrons. The number of nitrogens with zero attached hydrogens (tertiary/aromatic N) is 2. The van der Waals surface area contributed by atoms with Crippen LogP contribution in [0.2, 0.25) is 0 Å². The van der Waals surface area contributed by atoms with Crippen molar-refractivity contribution in [1.29, 1.82) is 0 Å². The summed E-state index contributed by atoms with van der Waals surface area (Å²) in [5.74, 6) is 1.87. The van der Waals surface area contributed by atoms with E-state index in [4.69, 9.17) is 9.47 Å². The number of hydrogen-bond acceptors (Lipinski definition) is 6. The van der Waals surface area contributed by atoms with Crippen LogP contribution in [-0.2, 0) is 11.2 Å². The first kappa shape index (κ1) is 19.2. The summed E-state index contributed by atoms with van der Waals surface area (Å²) in [6.07, 6.45) is 1.86. The summed E-state index contributed by atoms with van der Waals surface area (Å²) < 4.78 is 11.2. The second-order valence-electron chi connectivity index (χ2n) is 5.98. The van der Waals surface area contributed by atoms with Gasteiger partial charge in [0.2, 0.25) is 11.0 Å². The number of carbonyl (C=O) groups is 1. The number of carbonyl (C=O) groups excluding carboxylic acids is 1. The summed E-state index contributed by atoms with van der Waals surface area (Å²) in [5.41, 5.74) is 0. The van der Waals surface area contributed by atoms with Gasteiger partial charge in [-0.05, 0) is 31.4 Å². The highest BCUT2D eigenvalue weighted by atomic mass is 32.1. The molecule has 7 heteroatoms. The number of rotatable bonds is 10. The van der Waals surface area contributed by atoms with E-state index in [-0.39, 0.29) is 5.91 Å². The normalized spacial score (nSPS) is 10.7. The van der Waals surface area contributed by atoms with Gasteiger partial charge in [0.25, 0.3) is 0 Å². The fourth-order valence-corrected chi connectivity index (χ4v) is 3.14. The minimum Gasteiger partial charge on any atom is -0.490 e. The number of anilines is 1. The lowest BCUT2D eigenvalue weighted by Gasteiger charge is -2.11. The SMILES string of the molecule is CCOc1ccccc1OCCCC(=O)Nc1nnc(CC(C)C)s1. The first-order chi connectivity index (χ1) is 12.1. The lowest BCUT2D eigenvalue weighted by Crippen LogP contribution is -2.12. The lowest BCUT2D eigenvalue weighted by molar-refractivity contribution is -0.116. The van der Waals surface area contributed by atoms with E-state index in [1.807, 2.05) is 31.2 Å². The fraction of sp³-hybridized carbons (Fsp3) is 0.500. The second kappa shape index (κ2) is 9.98. The molecule has 1 N–H and O–H groups in total. The van der Waals surface area contributed by atoms with Crippen molar-refractivity contribution in [2.45, 2.75) is 40.0 Å². The highest BCUT2D eigenvalue weighted by Crippen LogP contribution is 2.26. The molecule has 0 spiro atoms. The largest absolute Gasteiger partial charge is 0.490 e. The third kappa shape index (κ3) is 6.70. The summed E-state index contributed by atoms with van der Waals surface area (Å²) in [6, 6.07) is 7.54. The van der Waals surface area contributed by atoms with Gasteiger partial charge in [-0.1, -0.05) is 37.3 Å². The van der Waals surface area contributed by atoms with Gasteiger partial charge in [0.15, 0.2) is 11.5 Å². The molecule has 1 amide bonds. The topological polar surface area (TPSA) is 73.3 Å². The molecule has 0 saturated heterocycles. The van der Waals surface area contributed by atoms with E-state index in [0.29, 0.717) is 42.9 Å². The van der Waals surface area contributed by atoms with Gasteiger partial charge in [-0.15, -0.1) is 10.2 Å². The van der Waals surface area contributed by atoms with Crippen LogP contribution in [0, 0.1) is 5.92 Å². The number of nitrogens with one attached hydrogen (secondary N) is 1. The number of amides is 1. The minimum atomic E-state index is -0.0751. The maximum Gasteiger partial charge on any atom is 0.226 e. The Kier molecular flexibility index (Phi) is 7.66. The van der Waals surface area contributed by atoms with E-state index in [1.165, 1.54) is 11.3 Å². The van der Waals surface area contributed by atoms with E-state index in [1.54, 1.807) is 0 Å². The Morgan fingerprint density at radius 3 is 2.60 bits per heavy atom. The molecule has 1 aromatic carbocycles. The molecule has 6 nitrogen and oxygen atoms in total. The van der Waals surface area contributed by atoms with E-state index >= 15 is 0 Å². The molecule has 2 rings (SSSR count). The van der Waals surface area contributed by atoms with Crippen molar-refractivity contribution in [3.8, 4) is 11.5 Å². The van der Waals surface area contributed by atoms with Crippen LogP contribution in [0.4, 0.5) is 5.13 Å². The molecule has 0 bridgehead atoms. The van der Waals surface area contributed by atoms with Crippen molar-refractivity contribution in [3.05, 3.63) is 29.3 Å². The van der Waals surface area contributed by atoms with Crippen LogP contribution in [0.5, 0.6) is 11.5 Å². The maximum absolute atomic E-state index is 12.0. The van der Waals surface area contributed by atoms with Crippen molar-refractivity contribution >= 4 is 22.4 Å². The Morgan fingerprint density at radius 1 is 1.20 bits per heavy atom. The number of aromatic nitrogens is 2. The molecule has 0 aliphatic heterocycles. The van der Waals surface area contributed by atoms with Crippen molar-refractivity contribution < 1.29 is 14.3 Å². The van der Waals surface area contributed by atoms with Crippen molar-refractivity contribution in [3.63, 3.8) is 0 Å². The smallest absolute Gasteiger partial charge is 0.226 e. The highest BCUT2D eigenvalue weighted by Gasteiger charge is 2.10. The average Bonchev–Trinajstić information content (AvgIpc) is 2.99. The molecule has 0 aliphatic carbocycles. The zero-order chi connectivity index (χ0) is 18.1. The second-order valence-corrected chi connectivity index (χ2v) is 7.04. The van der Waals surface area contributed by atoms with Crippen molar-refractivity contribution in [2.24, 2.45) is 5.92 Å². The predicted molar refractivity (Wildman–Crippen MR) is 99.4 cm³/mol. The molecular weight excluding hydrogens is 338 g/mol. The zero-order valence-corrected chi connectivity index (χ0v) is 15.8. The summed E-state index contributed by atoms with van der Waals surface area (Å²) in [6.45, 7) is 7.23. The Balaban J connectivity index is 1.71. The molecule has 136 valence electrons. The Labute approximate surface area is 152 Å². The molecular formula is C18H25N3O3S. The predicted octanol–water partition coefficient (Wildman–Crippen LogP) is 3.93. The standard InChI is InChI=1S/C18H25N3O3S/c1-4-23-14-8-5-6-9-15(14)24-11-7-10-16(22)19-18-21-20-17(25-18)12-13(2)3/h5-6,8-9,13H,4,7,10-12H2,1-3H3,(H,19,21,22). The van der Waals surface area contributed by atoms with Gasteiger partial charge < -0.3 is 14.8 Å². The van der Waals surface area contributed by atoms with Gasteiger partial charge >= 0.3 is 0 Å². The Bertz CT molecular complexity index is 673. The maximum atomic E-state index is 12.0.